The molecule has 0 radical (unpaired) electrons. The molecule has 6 aliphatic rings. The fraction of sp³-hybridized carbons (Fsp3) is 0.397. The third-order valence-electron chi connectivity index (χ3n) is 17.3. The predicted molar refractivity (Wildman–Crippen MR) is 367 cm³/mol. The Morgan fingerprint density at radius 1 is 0.432 bits per heavy atom. The first kappa shape index (κ1) is 92.8. The van der Waals surface area contributed by atoms with Gasteiger partial charge in [-0.3, -0.25) is 18.0 Å². The molecule has 4 aliphatic carbocycles. The molecule has 6 aromatic carbocycles. The fourth-order valence-electron chi connectivity index (χ4n) is 13.0. The summed E-state index contributed by atoms with van der Waals surface area (Å²) in [6, 6.07) is 31.2. The molecule has 12 rings (SSSR count). The van der Waals surface area contributed by atoms with Crippen molar-refractivity contribution >= 4 is 124 Å². The Kier molecular flexibility index (Phi) is 28.2. The van der Waals surface area contributed by atoms with Crippen molar-refractivity contribution in [2.75, 3.05) is 36.5 Å². The summed E-state index contributed by atoms with van der Waals surface area (Å²) >= 11 is 0. The third-order valence-corrected chi connectivity index (χ3v) is 31.4. The van der Waals surface area contributed by atoms with Gasteiger partial charge in [-0.2, -0.15) is 56.3 Å². The van der Waals surface area contributed by atoms with E-state index in [0.717, 1.165) is 49.3 Å². The van der Waals surface area contributed by atoms with Gasteiger partial charge in [0.15, 0.2) is 78.8 Å². The van der Waals surface area contributed by atoms with Crippen molar-refractivity contribution in [1.29, 1.82) is 0 Å². The molecule has 2 heterocycles. The van der Waals surface area contributed by atoms with Gasteiger partial charge in [0.05, 0.1) is 63.0 Å². The summed E-state index contributed by atoms with van der Waals surface area (Å²) in [5, 5.41) is -1.08. The number of sulfone groups is 4. The van der Waals surface area contributed by atoms with Gasteiger partial charge in [-0.05, 0) is 123 Å². The van der Waals surface area contributed by atoms with E-state index in [4.69, 9.17) is 30.8 Å². The molecule has 2 saturated heterocycles. The van der Waals surface area contributed by atoms with Gasteiger partial charge in [0.25, 0.3) is 20.2 Å². The second-order valence-electron chi connectivity index (χ2n) is 25.9. The molecule has 4 bridgehead atoms. The zero-order chi connectivity index (χ0) is 82.8. The fourth-order valence-corrected chi connectivity index (χ4v) is 25.0. The van der Waals surface area contributed by atoms with E-state index in [9.17, 15) is 126 Å². The maximum atomic E-state index is 13.5. The van der Waals surface area contributed by atoms with Gasteiger partial charge in [0.2, 0.25) is 0 Å². The minimum Gasteiger partial charge on any atom is -0.748 e. The van der Waals surface area contributed by atoms with Gasteiger partial charge in [-0.25, -0.2) is 58.9 Å². The first-order valence-corrected chi connectivity index (χ1v) is 48.6. The van der Waals surface area contributed by atoms with E-state index in [0.29, 0.717) is 66.2 Å². The van der Waals surface area contributed by atoms with Crippen LogP contribution in [-0.2, 0) is 152 Å². The number of hydrogen-bond acceptors (Lipinski definition) is 27. The molecule has 6 fully saturated rings. The van der Waals surface area contributed by atoms with Crippen LogP contribution >= 0.6 is 0 Å². The number of ether oxygens (including phenoxy) is 2. The van der Waals surface area contributed by atoms with Crippen molar-refractivity contribution in [2.24, 2.45) is 23.7 Å². The molecule has 0 amide bonds. The second kappa shape index (κ2) is 33.7. The average Bonchev–Trinajstić information content (AvgIpc) is 1.56. The molecule has 111 heavy (non-hydrogen) atoms. The maximum Gasteiger partial charge on any atom is 1.00 e. The van der Waals surface area contributed by atoms with Gasteiger partial charge in [-0.1, -0.05) is 24.3 Å². The van der Waals surface area contributed by atoms with E-state index in [-0.39, 0.29) is 72.8 Å². The van der Waals surface area contributed by atoms with Crippen LogP contribution in [0.25, 0.3) is 0 Å². The van der Waals surface area contributed by atoms with E-state index in [1.807, 2.05) is 0 Å². The minimum atomic E-state index is -6.09. The van der Waals surface area contributed by atoms with E-state index in [2.05, 4.69) is 0 Å². The molecule has 0 aromatic heterocycles. The normalized spacial score (nSPS) is 23.0. The number of esters is 2. The first-order chi connectivity index (χ1) is 49.9. The number of carbonyl (C=O) groups is 2. The van der Waals surface area contributed by atoms with Crippen molar-refractivity contribution in [1.82, 2.24) is 0 Å². The van der Waals surface area contributed by atoms with E-state index in [1.54, 1.807) is 50.2 Å². The number of rotatable bonds is 16. The molecule has 10 atom stereocenters. The summed E-state index contributed by atoms with van der Waals surface area (Å²) in [6.45, 7) is 3.08. The largest absolute Gasteiger partial charge is 1.00 e. The van der Waals surface area contributed by atoms with Crippen LogP contribution in [0.2, 0.25) is 0 Å². The summed E-state index contributed by atoms with van der Waals surface area (Å²) in [5.41, 5.74) is -6.55. The summed E-state index contributed by atoms with van der Waals surface area (Å²) in [7, 11) is -39.3. The molecule has 27 nitrogen and oxygen atoms in total. The Morgan fingerprint density at radius 3 is 0.919 bits per heavy atom. The van der Waals surface area contributed by atoms with Crippen LogP contribution in [0.4, 0.5) is 39.5 Å². The Hall–Kier alpha value is -5.32. The summed E-state index contributed by atoms with van der Waals surface area (Å²) in [5.74, 6) is -5.48. The monoisotopic (exact) mass is 1800 g/mol. The van der Waals surface area contributed by atoms with Crippen molar-refractivity contribution in [3.05, 3.63) is 156 Å². The Labute approximate surface area is 660 Å². The Balaban J connectivity index is 0.000000203. The molecule has 0 spiro atoms. The zero-order valence-electron chi connectivity index (χ0n) is 58.1. The molecule has 48 heteroatoms. The van der Waals surface area contributed by atoms with Crippen molar-refractivity contribution in [3.8, 4) is 0 Å². The first-order valence-electron chi connectivity index (χ1n) is 31.1. The zero-order valence-corrected chi connectivity index (χ0v) is 69.1. The molecule has 0 N–H and O–H groups in total. The van der Waals surface area contributed by atoms with Crippen molar-refractivity contribution in [2.45, 2.75) is 141 Å². The minimum absolute atomic E-state index is 0. The van der Waals surface area contributed by atoms with E-state index in [1.165, 1.54) is 72.8 Å². The number of benzene rings is 6. The van der Waals surface area contributed by atoms with Crippen LogP contribution in [-0.4, -0.2) is 178 Å². The molecule has 2 aliphatic heterocycles. The molecule has 4 saturated carbocycles. The number of fused-ring (bicyclic) bond motifs is 2. The predicted octanol–water partition coefficient (Wildman–Crippen LogP) is 4.05. The van der Waals surface area contributed by atoms with Gasteiger partial charge < -0.3 is 23.1 Å². The van der Waals surface area contributed by atoms with Crippen LogP contribution < -0.4 is 29.6 Å². The van der Waals surface area contributed by atoms with Crippen LogP contribution in [0, 0.1) is 37.5 Å². The van der Waals surface area contributed by atoms with Gasteiger partial charge in [-0.15, -0.1) is 0 Å². The number of carbonyl (C=O) groups excluding carboxylic acids is 2. The van der Waals surface area contributed by atoms with E-state index >= 15 is 0 Å². The number of halogens is 9. The van der Waals surface area contributed by atoms with Crippen LogP contribution in [0.5, 0.6) is 0 Å². The molecular weight excluding hydrogens is 1740 g/mol. The third kappa shape index (κ3) is 23.7. The standard InChI is InChI=1S/2C22H20F3O4S3.2C9H12O8S2.CHF3O3S.Na/c2*1-15-10-16(22(23,24)25)12-19(11-15)30(17-6-4-8-20(13-17)31(2,26)27)18-7-5-9-21(14-18)32(3,28)29;2*10-7(3-18(11,12)13)16-8-4-1-5-6(2-4)19(14,15)17-9(5)8;2-1(3,4)8(5,6)7;/h2*4-14H,1-3H3;2*4-6,8-9H,1-3H2,(H,11,12,13);(H,5,6,7);/q2*+1;;;;+1/p-3. The van der Waals surface area contributed by atoms with Crippen LogP contribution in [0.15, 0.2) is 182 Å². The van der Waals surface area contributed by atoms with Gasteiger partial charge >= 0.3 is 59.4 Å². The molecule has 606 valence electrons. The number of aryl methyl sites for hydroxylation is 2. The van der Waals surface area contributed by atoms with Gasteiger partial charge in [0.1, 0.15) is 56.2 Å². The Bertz CT molecular complexity index is 5200. The maximum absolute atomic E-state index is 13.5. The van der Waals surface area contributed by atoms with Crippen molar-refractivity contribution in [3.63, 3.8) is 0 Å². The smallest absolute Gasteiger partial charge is 0.748 e. The molecular formula is C63H62F9NaO27S11. The number of hydrogen-bond donors (Lipinski definition) is 0. The van der Waals surface area contributed by atoms with Gasteiger partial charge in [0, 0.05) is 85.1 Å². The second-order valence-corrected chi connectivity index (χ2v) is 45.7. The molecule has 10 unspecified atom stereocenters. The summed E-state index contributed by atoms with van der Waals surface area (Å²) in [6.07, 6.45) is -6.10. The van der Waals surface area contributed by atoms with Crippen LogP contribution in [0.3, 0.4) is 0 Å². The topological polar surface area (TPSA) is 447 Å². The SMILES string of the molecule is Cc1cc([S+](c2cccc(S(C)(=O)=O)c2)c2cccc(S(C)(=O)=O)c2)cc(C(F)(F)F)c1.Cc1cc([S+](c2cccc(S(C)(=O)=O)c2)c2cccc(S(C)(=O)=O)c2)cc(C(F)(F)F)c1.O=C(CS(=O)(=O)[O-])OC1C2CC3C1OS(=O)(=O)C3C2.O=C(CS(=O)(=O)[O-])OC1C2CC3C1OS(=O)(=O)C3C2.O=S(=O)([O-])C(F)(F)F.[Na+]. The average molecular weight is 1800 g/mol. The summed E-state index contributed by atoms with van der Waals surface area (Å²) < 4.78 is 366. The Morgan fingerprint density at radius 2 is 0.694 bits per heavy atom. The number of alkyl halides is 9. The van der Waals surface area contributed by atoms with E-state index < -0.39 is 199 Å². The van der Waals surface area contributed by atoms with Crippen LogP contribution in [0.1, 0.15) is 47.9 Å². The van der Waals surface area contributed by atoms with Crippen molar-refractivity contribution < 1.29 is 186 Å². The molecule has 6 aromatic rings. The summed E-state index contributed by atoms with van der Waals surface area (Å²) in [4.78, 5) is 25.2. The quantitative estimate of drug-likeness (QED) is 0.0251.